The molecule has 0 saturated heterocycles. The van der Waals surface area contributed by atoms with Crippen molar-refractivity contribution in [3.8, 4) is 0 Å². The van der Waals surface area contributed by atoms with Gasteiger partial charge in [-0.25, -0.2) is 0 Å². The highest BCUT2D eigenvalue weighted by Gasteiger charge is 2.28. The molecule has 0 aromatic rings. The van der Waals surface area contributed by atoms with Crippen LogP contribution in [0.2, 0.25) is 0 Å². The molecule has 0 aromatic heterocycles. The molecule has 4 heteroatoms. The smallest absolute Gasteiger partial charge is 0.244 e. The van der Waals surface area contributed by atoms with Crippen molar-refractivity contribution < 1.29 is 15.0 Å². The van der Waals surface area contributed by atoms with E-state index in [0.29, 0.717) is 6.42 Å². The Morgan fingerprint density at radius 1 is 1.67 bits per heavy atom. The molecule has 9 heavy (non-hydrogen) atoms. The van der Waals surface area contributed by atoms with Gasteiger partial charge in [0, 0.05) is 6.42 Å². The molecule has 0 atom stereocenters. The van der Waals surface area contributed by atoms with Crippen LogP contribution in [0, 0.1) is 0 Å². The van der Waals surface area contributed by atoms with Crippen molar-refractivity contribution in [3.63, 3.8) is 0 Å². The zero-order chi connectivity index (χ0) is 7.49. The minimum absolute atomic E-state index is 0.0370. The molecule has 0 saturated carbocycles. The van der Waals surface area contributed by atoms with Gasteiger partial charge in [-0.1, -0.05) is 26.0 Å². The van der Waals surface area contributed by atoms with Crippen LogP contribution >= 0.6 is 12.6 Å². The zero-order valence-corrected chi connectivity index (χ0v) is 6.06. The van der Waals surface area contributed by atoms with Crippen LogP contribution in [0.25, 0.3) is 0 Å². The van der Waals surface area contributed by atoms with Gasteiger partial charge >= 0.3 is 0 Å². The number of rotatable bonds is 3. The Bertz CT molecular complexity index is 111. The summed E-state index contributed by atoms with van der Waals surface area (Å²) in [6.07, 6.45) is 0.578. The average molecular weight is 150 g/mol. The van der Waals surface area contributed by atoms with Crippen LogP contribution in [0.1, 0.15) is 19.8 Å². The molecule has 0 rings (SSSR count). The molecular weight excluding hydrogens is 140 g/mol. The Labute approximate surface area is 59.1 Å². The van der Waals surface area contributed by atoms with Crippen LogP contribution < -0.4 is 0 Å². The van der Waals surface area contributed by atoms with E-state index >= 15 is 0 Å². The van der Waals surface area contributed by atoms with E-state index in [1.165, 1.54) is 0 Å². The third kappa shape index (κ3) is 2.84. The number of aliphatic hydroxyl groups is 2. The molecule has 54 valence electrons. The van der Waals surface area contributed by atoms with Gasteiger partial charge in [0.25, 0.3) is 0 Å². The van der Waals surface area contributed by atoms with E-state index in [-0.39, 0.29) is 6.42 Å². The second-order valence-electron chi connectivity index (χ2n) is 1.87. The fourth-order valence-electron chi connectivity index (χ4n) is 0.456. The summed E-state index contributed by atoms with van der Waals surface area (Å²) in [5, 5.41) is 16.5. The highest BCUT2D eigenvalue weighted by Crippen LogP contribution is 2.11. The lowest BCUT2D eigenvalue weighted by Crippen LogP contribution is -2.34. The first-order valence-corrected chi connectivity index (χ1v) is 3.13. The second kappa shape index (κ2) is 3.20. The summed E-state index contributed by atoms with van der Waals surface area (Å²) in [5.41, 5.74) is 0. The van der Waals surface area contributed by atoms with Gasteiger partial charge in [-0.05, 0) is 0 Å². The van der Waals surface area contributed by atoms with Gasteiger partial charge < -0.3 is 10.2 Å². The van der Waals surface area contributed by atoms with Gasteiger partial charge in [0.15, 0.2) is 0 Å². The van der Waals surface area contributed by atoms with Crippen LogP contribution in [0.4, 0.5) is 0 Å². The van der Waals surface area contributed by atoms with Crippen LogP contribution in [0.3, 0.4) is 0 Å². The maximum Gasteiger partial charge on any atom is 0.244 e. The summed E-state index contributed by atoms with van der Waals surface area (Å²) < 4.78 is 0. The van der Waals surface area contributed by atoms with Crippen molar-refractivity contribution >= 4 is 17.7 Å². The fourth-order valence-corrected chi connectivity index (χ4v) is 0.567. The molecule has 2 N–H and O–H groups in total. The Morgan fingerprint density at radius 2 is 2.11 bits per heavy atom. The number of carbonyl (C=O) groups is 1. The van der Waals surface area contributed by atoms with Crippen LogP contribution in [0.5, 0.6) is 0 Å². The van der Waals surface area contributed by atoms with Crippen molar-refractivity contribution in [2.75, 3.05) is 0 Å². The first kappa shape index (κ1) is 8.94. The normalized spacial score (nSPS) is 11.6. The predicted molar refractivity (Wildman–Crippen MR) is 36.1 cm³/mol. The molecule has 3 nitrogen and oxygen atoms in total. The van der Waals surface area contributed by atoms with Gasteiger partial charge in [-0.15, -0.1) is 0 Å². The van der Waals surface area contributed by atoms with E-state index < -0.39 is 10.9 Å². The quantitative estimate of drug-likeness (QED) is 0.389. The maximum atomic E-state index is 10.2. The van der Waals surface area contributed by atoms with Crippen molar-refractivity contribution in [3.05, 3.63) is 0 Å². The molecule has 0 heterocycles. The van der Waals surface area contributed by atoms with E-state index in [9.17, 15) is 4.79 Å². The van der Waals surface area contributed by atoms with Gasteiger partial charge in [-0.2, -0.15) is 0 Å². The largest absolute Gasteiger partial charge is 0.359 e. The lowest BCUT2D eigenvalue weighted by molar-refractivity contribution is -0.174. The molecule has 0 amide bonds. The van der Waals surface area contributed by atoms with Crippen LogP contribution in [0.15, 0.2) is 0 Å². The maximum absolute atomic E-state index is 10.2. The molecule has 0 aromatic carbocycles. The van der Waals surface area contributed by atoms with E-state index in [2.05, 4.69) is 12.6 Å². The standard InChI is InChI=1S/C5H10O3S/c1-2-3-5(7,8)4(6)9/h7-8H,2-3H2,1H3,(H,6,9). The molecule has 0 unspecified atom stereocenters. The second-order valence-corrected chi connectivity index (χ2v) is 2.28. The first-order chi connectivity index (χ1) is 4.00. The lowest BCUT2D eigenvalue weighted by atomic mass is 10.2. The van der Waals surface area contributed by atoms with E-state index in [1.807, 2.05) is 0 Å². The molecule has 0 radical (unpaired) electrons. The van der Waals surface area contributed by atoms with Crippen molar-refractivity contribution in [2.45, 2.75) is 25.6 Å². The molecule has 0 fully saturated rings. The third-order valence-corrected chi connectivity index (χ3v) is 1.30. The molecular formula is C5H10O3S. The lowest BCUT2D eigenvalue weighted by Gasteiger charge is -2.15. The summed E-state index contributed by atoms with van der Waals surface area (Å²) >= 11 is 3.27. The summed E-state index contributed by atoms with van der Waals surface area (Å²) in [6.45, 7) is 1.75. The monoisotopic (exact) mass is 150 g/mol. The van der Waals surface area contributed by atoms with Gasteiger partial charge in [0.1, 0.15) is 0 Å². The summed E-state index contributed by atoms with van der Waals surface area (Å²) in [5.74, 6) is -2.22. The Morgan fingerprint density at radius 3 is 2.22 bits per heavy atom. The summed E-state index contributed by atoms with van der Waals surface area (Å²) in [6, 6.07) is 0. The Kier molecular flexibility index (Phi) is 3.17. The Hall–Kier alpha value is -0.0600. The molecule has 0 aliphatic heterocycles. The number of carbonyl (C=O) groups excluding carboxylic acids is 1. The number of thiol groups is 1. The summed E-state index contributed by atoms with van der Waals surface area (Å²) in [7, 11) is 0. The number of hydrogen-bond acceptors (Lipinski definition) is 3. The molecule has 0 aliphatic carbocycles. The van der Waals surface area contributed by atoms with Crippen molar-refractivity contribution in [2.24, 2.45) is 0 Å². The molecule has 0 bridgehead atoms. The molecule has 0 spiro atoms. The first-order valence-electron chi connectivity index (χ1n) is 2.69. The minimum Gasteiger partial charge on any atom is -0.359 e. The van der Waals surface area contributed by atoms with E-state index in [4.69, 9.17) is 10.2 Å². The zero-order valence-electron chi connectivity index (χ0n) is 5.16. The van der Waals surface area contributed by atoms with Gasteiger partial charge in [0.2, 0.25) is 10.9 Å². The van der Waals surface area contributed by atoms with Crippen LogP contribution in [-0.4, -0.2) is 21.1 Å². The van der Waals surface area contributed by atoms with Crippen molar-refractivity contribution in [1.29, 1.82) is 0 Å². The minimum atomic E-state index is -2.22. The topological polar surface area (TPSA) is 57.5 Å². The highest BCUT2D eigenvalue weighted by molar-refractivity contribution is 7.96. The van der Waals surface area contributed by atoms with Gasteiger partial charge in [-0.3, -0.25) is 4.79 Å². The van der Waals surface area contributed by atoms with E-state index in [1.54, 1.807) is 6.92 Å². The molecule has 0 aliphatic rings. The Balaban J connectivity index is 3.85. The SMILES string of the molecule is CCCC(O)(O)C(=O)S. The highest BCUT2D eigenvalue weighted by atomic mass is 32.1. The third-order valence-electron chi connectivity index (χ3n) is 0.941. The van der Waals surface area contributed by atoms with Crippen LogP contribution in [-0.2, 0) is 4.79 Å². The van der Waals surface area contributed by atoms with Gasteiger partial charge in [0.05, 0.1) is 0 Å². The fraction of sp³-hybridized carbons (Fsp3) is 0.800. The van der Waals surface area contributed by atoms with Crippen molar-refractivity contribution in [1.82, 2.24) is 0 Å². The number of hydrogen-bond donors (Lipinski definition) is 3. The van der Waals surface area contributed by atoms with E-state index in [0.717, 1.165) is 0 Å². The summed E-state index contributed by atoms with van der Waals surface area (Å²) in [4.78, 5) is 10.2. The average Bonchev–Trinajstić information content (AvgIpc) is 1.65. The predicted octanol–water partition coefficient (Wildman–Crippen LogP) is -0.0762.